The summed E-state index contributed by atoms with van der Waals surface area (Å²) in [5.74, 6) is -0.344. The molecular formula is C15H21N3O2. The van der Waals surface area contributed by atoms with Crippen LogP contribution >= 0.6 is 0 Å². The van der Waals surface area contributed by atoms with Gasteiger partial charge in [0.15, 0.2) is 0 Å². The van der Waals surface area contributed by atoms with Crippen LogP contribution in [0.25, 0.3) is 11.0 Å². The molecule has 0 aliphatic heterocycles. The van der Waals surface area contributed by atoms with Gasteiger partial charge in [-0.05, 0) is 50.5 Å². The number of nitrogens with two attached hydrogens (primary N) is 1. The highest BCUT2D eigenvalue weighted by molar-refractivity contribution is 5.77. The molecule has 0 amide bonds. The second-order valence-corrected chi connectivity index (χ2v) is 5.01. The van der Waals surface area contributed by atoms with Crippen LogP contribution in [0.5, 0.6) is 0 Å². The van der Waals surface area contributed by atoms with Crippen molar-refractivity contribution in [3.8, 4) is 0 Å². The van der Waals surface area contributed by atoms with Crippen LogP contribution < -0.4 is 5.73 Å². The molecular weight excluding hydrogens is 254 g/mol. The van der Waals surface area contributed by atoms with E-state index >= 15 is 0 Å². The maximum absolute atomic E-state index is 11.5. The lowest BCUT2D eigenvalue weighted by molar-refractivity contribution is -0.144. The first kappa shape index (κ1) is 14.5. The number of hydrogen-bond acceptors (Lipinski definition) is 4. The molecule has 1 aromatic carbocycles. The summed E-state index contributed by atoms with van der Waals surface area (Å²) < 4.78 is 6.94. The molecule has 0 spiro atoms. The van der Waals surface area contributed by atoms with Gasteiger partial charge < -0.3 is 15.0 Å². The highest BCUT2D eigenvalue weighted by Crippen LogP contribution is 2.18. The van der Waals surface area contributed by atoms with Crippen molar-refractivity contribution in [1.29, 1.82) is 0 Å². The number of esters is 1. The Bertz CT molecular complexity index is 619. The van der Waals surface area contributed by atoms with Crippen LogP contribution in [-0.2, 0) is 16.1 Å². The Morgan fingerprint density at radius 2 is 2.10 bits per heavy atom. The average molecular weight is 275 g/mol. The van der Waals surface area contributed by atoms with Crippen LogP contribution in [0.1, 0.15) is 24.5 Å². The zero-order valence-corrected chi connectivity index (χ0v) is 12.2. The van der Waals surface area contributed by atoms with Gasteiger partial charge >= 0.3 is 5.97 Å². The van der Waals surface area contributed by atoms with Crippen molar-refractivity contribution in [1.82, 2.24) is 9.55 Å². The summed E-state index contributed by atoms with van der Waals surface area (Å²) >= 11 is 0. The van der Waals surface area contributed by atoms with Crippen LogP contribution in [0.15, 0.2) is 18.5 Å². The predicted octanol–water partition coefficient (Wildman–Crippen LogP) is 1.93. The lowest BCUT2D eigenvalue weighted by atomic mass is 10.1. The molecule has 1 aromatic heterocycles. The summed E-state index contributed by atoms with van der Waals surface area (Å²) in [7, 11) is 0. The molecule has 2 aromatic rings. The van der Waals surface area contributed by atoms with E-state index in [-0.39, 0.29) is 5.97 Å². The van der Waals surface area contributed by atoms with Crippen molar-refractivity contribution in [2.24, 2.45) is 5.73 Å². The third-order valence-electron chi connectivity index (χ3n) is 3.51. The van der Waals surface area contributed by atoms with Crippen molar-refractivity contribution >= 4 is 17.0 Å². The van der Waals surface area contributed by atoms with Gasteiger partial charge in [-0.2, -0.15) is 0 Å². The van der Waals surface area contributed by atoms with Gasteiger partial charge in [-0.25, -0.2) is 4.98 Å². The Labute approximate surface area is 118 Å². The van der Waals surface area contributed by atoms with Gasteiger partial charge in [0, 0.05) is 6.54 Å². The van der Waals surface area contributed by atoms with Gasteiger partial charge in [-0.15, -0.1) is 0 Å². The molecule has 1 heterocycles. The van der Waals surface area contributed by atoms with E-state index in [9.17, 15) is 4.79 Å². The molecule has 1 atom stereocenters. The molecule has 0 saturated heterocycles. The third kappa shape index (κ3) is 2.99. The van der Waals surface area contributed by atoms with E-state index in [1.807, 2.05) is 4.57 Å². The Morgan fingerprint density at radius 1 is 1.40 bits per heavy atom. The van der Waals surface area contributed by atoms with Crippen LogP contribution in [0.4, 0.5) is 0 Å². The van der Waals surface area contributed by atoms with Gasteiger partial charge in [0.2, 0.25) is 0 Å². The maximum atomic E-state index is 11.5. The van der Waals surface area contributed by atoms with Crippen molar-refractivity contribution < 1.29 is 9.53 Å². The SMILES string of the molecule is CCOC(=O)C(N)CCn1cnc2cc(C)c(C)cc21. The van der Waals surface area contributed by atoms with Gasteiger partial charge in [-0.1, -0.05) is 0 Å². The molecule has 0 fully saturated rings. The first-order chi connectivity index (χ1) is 9.52. The summed E-state index contributed by atoms with van der Waals surface area (Å²) in [6, 6.07) is 3.61. The van der Waals surface area contributed by atoms with Crippen molar-refractivity contribution in [3.63, 3.8) is 0 Å². The van der Waals surface area contributed by atoms with Gasteiger partial charge in [0.1, 0.15) is 6.04 Å². The number of carbonyl (C=O) groups excluding carboxylic acids is 1. The lowest BCUT2D eigenvalue weighted by Crippen LogP contribution is -2.33. The number of fused-ring (bicyclic) bond motifs is 1. The van der Waals surface area contributed by atoms with Crippen LogP contribution in [0.3, 0.4) is 0 Å². The van der Waals surface area contributed by atoms with Gasteiger partial charge in [-0.3, -0.25) is 4.79 Å². The minimum absolute atomic E-state index is 0.344. The van der Waals surface area contributed by atoms with Crippen molar-refractivity contribution in [2.45, 2.75) is 39.8 Å². The molecule has 2 rings (SSSR count). The molecule has 20 heavy (non-hydrogen) atoms. The first-order valence-corrected chi connectivity index (χ1v) is 6.87. The highest BCUT2D eigenvalue weighted by atomic mass is 16.5. The normalized spacial score (nSPS) is 12.6. The number of benzene rings is 1. The van der Waals surface area contributed by atoms with Crippen LogP contribution in [0.2, 0.25) is 0 Å². The van der Waals surface area contributed by atoms with E-state index in [0.29, 0.717) is 19.6 Å². The topological polar surface area (TPSA) is 70.1 Å². The minimum Gasteiger partial charge on any atom is -0.465 e. The fourth-order valence-electron chi connectivity index (χ4n) is 2.14. The number of ether oxygens (including phenoxy) is 1. The molecule has 0 saturated carbocycles. The van der Waals surface area contributed by atoms with Crippen LogP contribution in [0, 0.1) is 13.8 Å². The summed E-state index contributed by atoms with van der Waals surface area (Å²) in [5.41, 5.74) is 10.3. The Hall–Kier alpha value is -1.88. The number of nitrogens with zero attached hydrogens (tertiary/aromatic N) is 2. The van der Waals surface area contributed by atoms with E-state index in [1.54, 1.807) is 13.3 Å². The quantitative estimate of drug-likeness (QED) is 0.846. The summed E-state index contributed by atoms with van der Waals surface area (Å²) in [6.45, 7) is 6.94. The minimum atomic E-state index is -0.584. The summed E-state index contributed by atoms with van der Waals surface area (Å²) in [5, 5.41) is 0. The van der Waals surface area contributed by atoms with E-state index in [2.05, 4.69) is 31.0 Å². The summed E-state index contributed by atoms with van der Waals surface area (Å²) in [6.07, 6.45) is 2.33. The predicted molar refractivity (Wildman–Crippen MR) is 78.4 cm³/mol. The molecule has 0 aliphatic carbocycles. The Morgan fingerprint density at radius 3 is 2.80 bits per heavy atom. The molecule has 0 radical (unpaired) electrons. The van der Waals surface area contributed by atoms with E-state index in [4.69, 9.17) is 10.5 Å². The molecule has 0 bridgehead atoms. The van der Waals surface area contributed by atoms with Gasteiger partial charge in [0.25, 0.3) is 0 Å². The summed E-state index contributed by atoms with van der Waals surface area (Å²) in [4.78, 5) is 15.9. The van der Waals surface area contributed by atoms with Crippen molar-refractivity contribution in [2.75, 3.05) is 6.61 Å². The smallest absolute Gasteiger partial charge is 0.322 e. The second-order valence-electron chi connectivity index (χ2n) is 5.01. The maximum Gasteiger partial charge on any atom is 0.322 e. The van der Waals surface area contributed by atoms with Crippen molar-refractivity contribution in [3.05, 3.63) is 29.6 Å². The lowest BCUT2D eigenvalue weighted by Gasteiger charge is -2.11. The first-order valence-electron chi connectivity index (χ1n) is 6.87. The van der Waals surface area contributed by atoms with Crippen LogP contribution in [-0.4, -0.2) is 28.2 Å². The Balaban J connectivity index is 2.10. The average Bonchev–Trinajstić information content (AvgIpc) is 2.79. The number of carbonyl (C=O) groups is 1. The highest BCUT2D eigenvalue weighted by Gasteiger charge is 2.15. The molecule has 2 N–H and O–H groups in total. The number of imidazole rings is 1. The second kappa shape index (κ2) is 6.05. The number of aryl methyl sites for hydroxylation is 3. The molecule has 5 nitrogen and oxygen atoms in total. The standard InChI is InChI=1S/C15H21N3O2/c1-4-20-15(19)12(16)5-6-18-9-17-13-7-10(2)11(3)8-14(13)18/h7-9,12H,4-6,16H2,1-3H3. The Kier molecular flexibility index (Phi) is 4.39. The monoisotopic (exact) mass is 275 g/mol. The van der Waals surface area contributed by atoms with E-state index < -0.39 is 6.04 Å². The zero-order chi connectivity index (χ0) is 14.7. The fraction of sp³-hybridized carbons (Fsp3) is 0.467. The number of aromatic nitrogens is 2. The number of hydrogen-bond donors (Lipinski definition) is 1. The van der Waals surface area contributed by atoms with E-state index in [0.717, 1.165) is 11.0 Å². The molecule has 5 heteroatoms. The fourth-order valence-corrected chi connectivity index (χ4v) is 2.14. The molecule has 1 unspecified atom stereocenters. The number of rotatable bonds is 5. The third-order valence-corrected chi connectivity index (χ3v) is 3.51. The zero-order valence-electron chi connectivity index (χ0n) is 12.2. The largest absolute Gasteiger partial charge is 0.465 e. The molecule has 0 aliphatic rings. The van der Waals surface area contributed by atoms with Gasteiger partial charge in [0.05, 0.1) is 24.0 Å². The van der Waals surface area contributed by atoms with E-state index in [1.165, 1.54) is 11.1 Å². The molecule has 108 valence electrons.